The number of rotatable bonds is 9. The van der Waals surface area contributed by atoms with Crippen LogP contribution < -0.4 is 10.0 Å². The molecule has 104 valence electrons. The minimum Gasteiger partial charge on any atom is -0.447 e. The summed E-state index contributed by atoms with van der Waals surface area (Å²) in [5, 5.41) is 3.00. The molecule has 0 amide bonds. The van der Waals surface area contributed by atoms with Gasteiger partial charge in [0.25, 0.3) is 10.0 Å². The first-order valence-electron chi connectivity index (χ1n) is 5.97. The highest BCUT2D eigenvalue weighted by Crippen LogP contribution is 2.13. The van der Waals surface area contributed by atoms with Crippen LogP contribution in [0.2, 0.25) is 0 Å². The second kappa shape index (κ2) is 7.52. The lowest BCUT2D eigenvalue weighted by Crippen LogP contribution is -2.27. The average molecular weight is 276 g/mol. The molecule has 0 aliphatic heterocycles. The van der Waals surface area contributed by atoms with Crippen LogP contribution in [-0.2, 0) is 21.3 Å². The summed E-state index contributed by atoms with van der Waals surface area (Å²) in [4.78, 5) is 0. The molecule has 0 radical (unpaired) electrons. The molecule has 0 aromatic carbocycles. The molecule has 1 rings (SSSR count). The summed E-state index contributed by atoms with van der Waals surface area (Å²) in [6, 6.07) is 3.11. The van der Waals surface area contributed by atoms with Crippen LogP contribution >= 0.6 is 0 Å². The summed E-state index contributed by atoms with van der Waals surface area (Å²) >= 11 is 0. The monoisotopic (exact) mass is 276 g/mol. The van der Waals surface area contributed by atoms with E-state index < -0.39 is 10.0 Å². The van der Waals surface area contributed by atoms with Crippen molar-refractivity contribution in [2.75, 3.05) is 26.3 Å². The summed E-state index contributed by atoms with van der Waals surface area (Å²) in [6.45, 7) is 6.29. The SMILES string of the molecule is CCNCc1ccc(S(=O)(=O)NCCOCC)o1. The van der Waals surface area contributed by atoms with Gasteiger partial charge in [0.15, 0.2) is 0 Å². The highest BCUT2D eigenvalue weighted by atomic mass is 32.2. The summed E-state index contributed by atoms with van der Waals surface area (Å²) in [5.41, 5.74) is 0. The molecule has 18 heavy (non-hydrogen) atoms. The molecule has 1 aromatic heterocycles. The third-order valence-electron chi connectivity index (χ3n) is 2.19. The molecule has 2 N–H and O–H groups in total. The smallest absolute Gasteiger partial charge is 0.274 e. The summed E-state index contributed by atoms with van der Waals surface area (Å²) < 4.78 is 36.3. The van der Waals surface area contributed by atoms with Gasteiger partial charge in [-0.05, 0) is 25.6 Å². The highest BCUT2D eigenvalue weighted by molar-refractivity contribution is 7.89. The highest BCUT2D eigenvalue weighted by Gasteiger charge is 2.17. The van der Waals surface area contributed by atoms with E-state index in [0.717, 1.165) is 6.54 Å². The Bertz CT molecular complexity index is 442. The van der Waals surface area contributed by atoms with E-state index in [4.69, 9.17) is 9.15 Å². The van der Waals surface area contributed by atoms with Crippen LogP contribution in [0, 0.1) is 0 Å². The summed E-state index contributed by atoms with van der Waals surface area (Å²) in [5.74, 6) is 0.599. The molecule has 0 bridgehead atoms. The molecule has 7 heteroatoms. The van der Waals surface area contributed by atoms with Gasteiger partial charge in [0.2, 0.25) is 5.09 Å². The maximum atomic E-state index is 11.8. The van der Waals surface area contributed by atoms with Crippen molar-refractivity contribution in [3.63, 3.8) is 0 Å². The second-order valence-electron chi connectivity index (χ2n) is 3.60. The Balaban J connectivity index is 2.53. The molecule has 1 heterocycles. The molecule has 0 spiro atoms. The minimum absolute atomic E-state index is 0.0631. The second-order valence-corrected chi connectivity index (χ2v) is 5.29. The van der Waals surface area contributed by atoms with Crippen molar-refractivity contribution in [3.05, 3.63) is 17.9 Å². The van der Waals surface area contributed by atoms with Gasteiger partial charge in [-0.3, -0.25) is 0 Å². The fourth-order valence-electron chi connectivity index (χ4n) is 1.31. The lowest BCUT2D eigenvalue weighted by molar-refractivity contribution is 0.153. The Morgan fingerprint density at radius 1 is 1.33 bits per heavy atom. The lowest BCUT2D eigenvalue weighted by Gasteiger charge is -2.04. The van der Waals surface area contributed by atoms with E-state index in [9.17, 15) is 8.42 Å². The van der Waals surface area contributed by atoms with Crippen LogP contribution in [0.5, 0.6) is 0 Å². The predicted molar refractivity (Wildman–Crippen MR) is 67.8 cm³/mol. The van der Waals surface area contributed by atoms with Crippen molar-refractivity contribution in [2.45, 2.75) is 25.5 Å². The topological polar surface area (TPSA) is 80.6 Å². The maximum absolute atomic E-state index is 11.8. The third kappa shape index (κ3) is 4.77. The molecule has 0 saturated heterocycles. The molecular formula is C11H20N2O4S. The molecule has 0 aliphatic carbocycles. The first kappa shape index (κ1) is 15.2. The van der Waals surface area contributed by atoms with Gasteiger partial charge in [0.05, 0.1) is 13.2 Å². The van der Waals surface area contributed by atoms with Crippen LogP contribution in [0.25, 0.3) is 0 Å². The van der Waals surface area contributed by atoms with Gasteiger partial charge in [-0.15, -0.1) is 0 Å². The van der Waals surface area contributed by atoms with Gasteiger partial charge < -0.3 is 14.5 Å². The molecule has 0 fully saturated rings. The van der Waals surface area contributed by atoms with E-state index >= 15 is 0 Å². The van der Waals surface area contributed by atoms with Crippen molar-refractivity contribution < 1.29 is 17.6 Å². The fraction of sp³-hybridized carbons (Fsp3) is 0.636. The minimum atomic E-state index is -3.57. The van der Waals surface area contributed by atoms with Crippen molar-refractivity contribution in [1.82, 2.24) is 10.0 Å². The first-order valence-corrected chi connectivity index (χ1v) is 7.45. The van der Waals surface area contributed by atoms with Gasteiger partial charge in [-0.1, -0.05) is 6.92 Å². The van der Waals surface area contributed by atoms with E-state index in [1.165, 1.54) is 6.07 Å². The molecule has 0 unspecified atom stereocenters. The zero-order valence-electron chi connectivity index (χ0n) is 10.7. The van der Waals surface area contributed by atoms with Crippen molar-refractivity contribution >= 4 is 10.0 Å². The quantitative estimate of drug-likeness (QED) is 0.649. The van der Waals surface area contributed by atoms with E-state index in [2.05, 4.69) is 10.0 Å². The molecule has 0 atom stereocenters. The number of sulfonamides is 1. The van der Waals surface area contributed by atoms with Gasteiger partial charge in [0, 0.05) is 13.2 Å². The Kier molecular flexibility index (Phi) is 6.34. The van der Waals surface area contributed by atoms with Crippen molar-refractivity contribution in [2.24, 2.45) is 0 Å². The van der Waals surface area contributed by atoms with E-state index in [1.807, 2.05) is 13.8 Å². The van der Waals surface area contributed by atoms with Gasteiger partial charge >= 0.3 is 0 Å². The van der Waals surface area contributed by atoms with Crippen LogP contribution in [0.4, 0.5) is 0 Å². The number of hydrogen-bond donors (Lipinski definition) is 2. The van der Waals surface area contributed by atoms with Crippen LogP contribution in [-0.4, -0.2) is 34.7 Å². The van der Waals surface area contributed by atoms with E-state index in [-0.39, 0.29) is 11.6 Å². The Morgan fingerprint density at radius 2 is 2.11 bits per heavy atom. The number of furan rings is 1. The Morgan fingerprint density at radius 3 is 2.78 bits per heavy atom. The first-order chi connectivity index (χ1) is 8.60. The zero-order valence-corrected chi connectivity index (χ0v) is 11.5. The van der Waals surface area contributed by atoms with Crippen LogP contribution in [0.15, 0.2) is 21.6 Å². The molecule has 6 nitrogen and oxygen atoms in total. The van der Waals surface area contributed by atoms with Crippen molar-refractivity contribution in [1.29, 1.82) is 0 Å². The Hall–Kier alpha value is -0.890. The van der Waals surface area contributed by atoms with E-state index in [0.29, 0.717) is 25.5 Å². The maximum Gasteiger partial charge on any atom is 0.274 e. The van der Waals surface area contributed by atoms with Crippen LogP contribution in [0.1, 0.15) is 19.6 Å². The van der Waals surface area contributed by atoms with Crippen molar-refractivity contribution in [3.8, 4) is 0 Å². The standard InChI is InChI=1S/C11H20N2O4S/c1-3-12-9-10-5-6-11(17-10)18(14,15)13-7-8-16-4-2/h5-6,12-13H,3-4,7-9H2,1-2H3. The summed E-state index contributed by atoms with van der Waals surface area (Å²) in [6.07, 6.45) is 0. The number of hydrogen-bond acceptors (Lipinski definition) is 5. The zero-order chi connectivity index (χ0) is 13.4. The van der Waals surface area contributed by atoms with Crippen LogP contribution in [0.3, 0.4) is 0 Å². The number of ether oxygens (including phenoxy) is 1. The average Bonchev–Trinajstić information content (AvgIpc) is 2.81. The molecule has 0 aliphatic rings. The molecule has 1 aromatic rings. The van der Waals surface area contributed by atoms with Gasteiger partial charge in [-0.25, -0.2) is 13.1 Å². The molecular weight excluding hydrogens is 256 g/mol. The largest absolute Gasteiger partial charge is 0.447 e. The van der Waals surface area contributed by atoms with E-state index in [1.54, 1.807) is 6.07 Å². The third-order valence-corrected chi connectivity index (χ3v) is 3.53. The lowest BCUT2D eigenvalue weighted by atomic mass is 10.4. The predicted octanol–water partition coefficient (Wildman–Crippen LogP) is 0.704. The normalized spacial score (nSPS) is 11.9. The number of nitrogens with one attached hydrogen (secondary N) is 2. The fourth-order valence-corrected chi connectivity index (χ4v) is 2.27. The van der Waals surface area contributed by atoms with Gasteiger partial charge in [0.1, 0.15) is 5.76 Å². The summed E-state index contributed by atoms with van der Waals surface area (Å²) in [7, 11) is -3.57. The van der Waals surface area contributed by atoms with Gasteiger partial charge in [-0.2, -0.15) is 0 Å². The Labute approximate surface area is 108 Å². The molecule has 0 saturated carbocycles.